The molecular weight excluding hydrogens is 220 g/mol. The Morgan fingerprint density at radius 3 is 3.06 bits per heavy atom. The van der Waals surface area contributed by atoms with Crippen molar-refractivity contribution in [2.24, 2.45) is 0 Å². The summed E-state index contributed by atoms with van der Waals surface area (Å²) in [4.78, 5) is 14.6. The van der Waals surface area contributed by atoms with Gasteiger partial charge in [0.15, 0.2) is 0 Å². The number of aromatic carboxylic acids is 1. The molecule has 1 heterocycles. The summed E-state index contributed by atoms with van der Waals surface area (Å²) < 4.78 is 5.29. The molecule has 0 aliphatic carbocycles. The zero-order valence-corrected chi connectivity index (χ0v) is 9.77. The molecule has 0 saturated carbocycles. The van der Waals surface area contributed by atoms with Crippen molar-refractivity contribution in [1.82, 2.24) is 4.98 Å². The van der Waals surface area contributed by atoms with Crippen LogP contribution in [-0.4, -0.2) is 35.8 Å². The second-order valence-electron chi connectivity index (χ2n) is 3.66. The van der Waals surface area contributed by atoms with Crippen molar-refractivity contribution in [1.29, 1.82) is 0 Å². The number of aromatic nitrogens is 1. The topological polar surface area (TPSA) is 71.5 Å². The van der Waals surface area contributed by atoms with E-state index in [0.717, 1.165) is 5.57 Å². The molecule has 0 saturated heterocycles. The number of ether oxygens (including phenoxy) is 1. The zero-order chi connectivity index (χ0) is 12.7. The van der Waals surface area contributed by atoms with Gasteiger partial charge in [-0.3, -0.25) is 4.98 Å². The highest BCUT2D eigenvalue weighted by atomic mass is 16.5. The summed E-state index contributed by atoms with van der Waals surface area (Å²) in [5.74, 6) is -0.997. The van der Waals surface area contributed by atoms with Crippen molar-refractivity contribution < 1.29 is 14.6 Å². The molecule has 0 spiro atoms. The summed E-state index contributed by atoms with van der Waals surface area (Å²) in [7, 11) is 0. The predicted molar refractivity (Wildman–Crippen MR) is 65.3 cm³/mol. The first-order chi connectivity index (χ1) is 8.11. The molecular formula is C12H16N2O3. The molecule has 17 heavy (non-hydrogen) atoms. The molecule has 0 aliphatic rings. The van der Waals surface area contributed by atoms with Crippen molar-refractivity contribution in [3.63, 3.8) is 0 Å². The summed E-state index contributed by atoms with van der Waals surface area (Å²) >= 11 is 0. The minimum Gasteiger partial charge on any atom is -0.478 e. The fourth-order valence-corrected chi connectivity index (χ4v) is 1.22. The van der Waals surface area contributed by atoms with Crippen LogP contribution < -0.4 is 5.32 Å². The molecule has 0 bridgehead atoms. The van der Waals surface area contributed by atoms with E-state index in [1.807, 2.05) is 6.92 Å². The third-order valence-corrected chi connectivity index (χ3v) is 1.96. The van der Waals surface area contributed by atoms with Gasteiger partial charge in [0.2, 0.25) is 0 Å². The van der Waals surface area contributed by atoms with Gasteiger partial charge in [-0.05, 0) is 13.0 Å². The monoisotopic (exact) mass is 236 g/mol. The van der Waals surface area contributed by atoms with Gasteiger partial charge in [-0.1, -0.05) is 12.2 Å². The van der Waals surface area contributed by atoms with Crippen molar-refractivity contribution in [3.05, 3.63) is 36.2 Å². The number of hydrogen-bond acceptors (Lipinski definition) is 4. The molecule has 2 N–H and O–H groups in total. The number of nitrogens with one attached hydrogen (secondary N) is 1. The van der Waals surface area contributed by atoms with Crippen LogP contribution in [0.4, 0.5) is 5.69 Å². The Morgan fingerprint density at radius 2 is 2.41 bits per heavy atom. The van der Waals surface area contributed by atoms with Gasteiger partial charge in [-0.2, -0.15) is 0 Å². The van der Waals surface area contributed by atoms with Crippen molar-refractivity contribution in [2.45, 2.75) is 6.92 Å². The van der Waals surface area contributed by atoms with E-state index in [1.54, 1.807) is 12.3 Å². The van der Waals surface area contributed by atoms with Gasteiger partial charge in [0.05, 0.1) is 18.9 Å². The van der Waals surface area contributed by atoms with E-state index < -0.39 is 5.97 Å². The van der Waals surface area contributed by atoms with Crippen LogP contribution in [0.3, 0.4) is 0 Å². The Hall–Kier alpha value is -1.88. The Labute approximate surface area is 100 Å². The van der Waals surface area contributed by atoms with Crippen LogP contribution in [0.1, 0.15) is 17.3 Å². The van der Waals surface area contributed by atoms with E-state index in [1.165, 1.54) is 6.20 Å². The molecule has 0 amide bonds. The van der Waals surface area contributed by atoms with Crippen LogP contribution in [0, 0.1) is 0 Å². The molecule has 0 aromatic carbocycles. The Kier molecular flexibility index (Phi) is 5.16. The van der Waals surface area contributed by atoms with Crippen LogP contribution in [0.25, 0.3) is 0 Å². The first-order valence-electron chi connectivity index (χ1n) is 5.24. The maximum atomic E-state index is 10.9. The van der Waals surface area contributed by atoms with Crippen LogP contribution in [0.2, 0.25) is 0 Å². The summed E-state index contributed by atoms with van der Waals surface area (Å²) in [6.07, 6.45) is 2.86. The highest BCUT2D eigenvalue weighted by Crippen LogP contribution is 2.12. The fourth-order valence-electron chi connectivity index (χ4n) is 1.22. The van der Waals surface area contributed by atoms with Crippen molar-refractivity contribution in [3.8, 4) is 0 Å². The molecule has 0 radical (unpaired) electrons. The number of rotatable bonds is 7. The molecule has 0 atom stereocenters. The lowest BCUT2D eigenvalue weighted by Crippen LogP contribution is -2.13. The third kappa shape index (κ3) is 4.65. The Bertz CT molecular complexity index is 404. The van der Waals surface area contributed by atoms with Crippen LogP contribution in [0.15, 0.2) is 30.6 Å². The summed E-state index contributed by atoms with van der Waals surface area (Å²) in [5.41, 5.74) is 1.67. The second-order valence-corrected chi connectivity index (χ2v) is 3.66. The number of anilines is 1. The maximum absolute atomic E-state index is 10.9. The number of carboxylic acids is 1. The van der Waals surface area contributed by atoms with Gasteiger partial charge in [-0.15, -0.1) is 0 Å². The lowest BCUT2D eigenvalue weighted by molar-refractivity contribution is 0.0697. The molecule has 1 rings (SSSR count). The van der Waals surface area contributed by atoms with E-state index in [2.05, 4.69) is 16.9 Å². The van der Waals surface area contributed by atoms with Gasteiger partial charge in [0, 0.05) is 18.9 Å². The standard InChI is InChI=1S/C12H16N2O3/c1-9(2)8-17-6-5-14-11-3-4-13-7-10(11)12(15)16/h3-4,7H,1,5-6,8H2,2H3,(H,13,14)(H,15,16). The molecule has 1 aromatic rings. The third-order valence-electron chi connectivity index (χ3n) is 1.96. The van der Waals surface area contributed by atoms with Crippen LogP contribution in [0.5, 0.6) is 0 Å². The predicted octanol–water partition coefficient (Wildman–Crippen LogP) is 1.78. The van der Waals surface area contributed by atoms with E-state index in [0.29, 0.717) is 25.4 Å². The fraction of sp³-hybridized carbons (Fsp3) is 0.333. The summed E-state index contributed by atoms with van der Waals surface area (Å²) in [6.45, 7) is 7.16. The minimum absolute atomic E-state index is 0.160. The van der Waals surface area contributed by atoms with E-state index >= 15 is 0 Å². The van der Waals surface area contributed by atoms with Crippen molar-refractivity contribution in [2.75, 3.05) is 25.1 Å². The maximum Gasteiger partial charge on any atom is 0.339 e. The number of carbonyl (C=O) groups is 1. The highest BCUT2D eigenvalue weighted by Gasteiger charge is 2.08. The number of nitrogens with zero attached hydrogens (tertiary/aromatic N) is 1. The number of pyridine rings is 1. The van der Waals surface area contributed by atoms with Gasteiger partial charge < -0.3 is 15.2 Å². The molecule has 0 fully saturated rings. The largest absolute Gasteiger partial charge is 0.478 e. The average Bonchev–Trinajstić information content (AvgIpc) is 2.28. The molecule has 0 aliphatic heterocycles. The Balaban J connectivity index is 2.41. The van der Waals surface area contributed by atoms with Gasteiger partial charge in [0.1, 0.15) is 5.56 Å². The molecule has 0 unspecified atom stereocenters. The number of carboxylic acid groups (broad SMARTS) is 1. The normalized spacial score (nSPS) is 9.94. The lowest BCUT2D eigenvalue weighted by atomic mass is 10.2. The first-order valence-corrected chi connectivity index (χ1v) is 5.24. The van der Waals surface area contributed by atoms with Crippen molar-refractivity contribution >= 4 is 11.7 Å². The van der Waals surface area contributed by atoms with Gasteiger partial charge in [0.25, 0.3) is 0 Å². The highest BCUT2D eigenvalue weighted by molar-refractivity contribution is 5.93. The van der Waals surface area contributed by atoms with E-state index in [9.17, 15) is 4.79 Å². The smallest absolute Gasteiger partial charge is 0.339 e. The molecule has 1 aromatic heterocycles. The zero-order valence-electron chi connectivity index (χ0n) is 9.77. The molecule has 92 valence electrons. The number of hydrogen-bond donors (Lipinski definition) is 2. The van der Waals surface area contributed by atoms with Gasteiger partial charge >= 0.3 is 5.97 Å². The summed E-state index contributed by atoms with van der Waals surface area (Å²) in [6, 6.07) is 1.63. The quantitative estimate of drug-likeness (QED) is 0.557. The lowest BCUT2D eigenvalue weighted by Gasteiger charge is -2.09. The SMILES string of the molecule is C=C(C)COCCNc1ccncc1C(=O)O. The van der Waals surface area contributed by atoms with Crippen LogP contribution in [-0.2, 0) is 4.74 Å². The van der Waals surface area contributed by atoms with Gasteiger partial charge in [-0.25, -0.2) is 4.79 Å². The molecule has 5 nitrogen and oxygen atoms in total. The second kappa shape index (κ2) is 6.65. The van der Waals surface area contributed by atoms with E-state index in [4.69, 9.17) is 9.84 Å². The summed E-state index contributed by atoms with van der Waals surface area (Å²) in [5, 5.41) is 11.9. The minimum atomic E-state index is -0.997. The first kappa shape index (κ1) is 13.2. The van der Waals surface area contributed by atoms with E-state index in [-0.39, 0.29) is 5.56 Å². The Morgan fingerprint density at radius 1 is 1.65 bits per heavy atom. The van der Waals surface area contributed by atoms with Crippen LogP contribution >= 0.6 is 0 Å². The molecule has 5 heteroatoms. The average molecular weight is 236 g/mol.